The van der Waals surface area contributed by atoms with Crippen LogP contribution >= 0.6 is 0 Å². The number of sulfone groups is 1. The van der Waals surface area contributed by atoms with E-state index >= 15 is 0 Å². The highest BCUT2D eigenvalue weighted by Crippen LogP contribution is 2.27. The SMILES string of the molecule is CNC(=O)c1cccc(CCNc2ccc([N+](=O)[O-])c(S(C)(=O)=O)c2)c1. The minimum Gasteiger partial charge on any atom is -0.385 e. The third kappa shape index (κ3) is 4.79. The quantitative estimate of drug-likeness (QED) is 0.563. The zero-order chi connectivity index (χ0) is 19.3. The lowest BCUT2D eigenvalue weighted by molar-refractivity contribution is -0.387. The standard InChI is InChI=1S/C17H19N3O5S/c1-18-17(21)13-5-3-4-12(10-13)8-9-19-14-6-7-15(20(22)23)16(11-14)26(2,24)25/h3-7,10-11,19H,8-9H2,1-2H3,(H,18,21). The highest BCUT2D eigenvalue weighted by molar-refractivity contribution is 7.90. The average molecular weight is 377 g/mol. The molecule has 8 nitrogen and oxygen atoms in total. The highest BCUT2D eigenvalue weighted by Gasteiger charge is 2.22. The van der Waals surface area contributed by atoms with Crippen molar-refractivity contribution in [2.45, 2.75) is 11.3 Å². The molecule has 2 aromatic carbocycles. The van der Waals surface area contributed by atoms with Crippen LogP contribution in [0.5, 0.6) is 0 Å². The van der Waals surface area contributed by atoms with Crippen LogP contribution in [0.4, 0.5) is 11.4 Å². The van der Waals surface area contributed by atoms with Gasteiger partial charge in [0.15, 0.2) is 9.84 Å². The van der Waals surface area contributed by atoms with Crippen LogP contribution in [0, 0.1) is 10.1 Å². The molecule has 0 aliphatic carbocycles. The Labute approximate surface area is 151 Å². The molecule has 2 N–H and O–H groups in total. The molecule has 26 heavy (non-hydrogen) atoms. The van der Waals surface area contributed by atoms with Crippen molar-refractivity contribution in [1.29, 1.82) is 0 Å². The molecule has 0 atom stereocenters. The first-order valence-electron chi connectivity index (χ1n) is 7.76. The van der Waals surface area contributed by atoms with E-state index in [1.165, 1.54) is 18.2 Å². The molecule has 0 radical (unpaired) electrons. The van der Waals surface area contributed by atoms with Gasteiger partial charge >= 0.3 is 0 Å². The predicted octanol–water partition coefficient (Wildman–Crippen LogP) is 2.01. The number of nitro benzene ring substituents is 1. The van der Waals surface area contributed by atoms with Gasteiger partial charge in [-0.15, -0.1) is 0 Å². The van der Waals surface area contributed by atoms with E-state index in [0.29, 0.717) is 24.2 Å². The van der Waals surface area contributed by atoms with Gasteiger partial charge in [-0.2, -0.15) is 0 Å². The van der Waals surface area contributed by atoms with Crippen LogP contribution in [0.1, 0.15) is 15.9 Å². The van der Waals surface area contributed by atoms with Crippen molar-refractivity contribution in [2.24, 2.45) is 0 Å². The number of hydrogen-bond donors (Lipinski definition) is 2. The molecule has 2 rings (SSSR count). The van der Waals surface area contributed by atoms with E-state index in [1.54, 1.807) is 25.2 Å². The second-order valence-electron chi connectivity index (χ2n) is 5.67. The zero-order valence-electron chi connectivity index (χ0n) is 14.4. The molecule has 0 spiro atoms. The van der Waals surface area contributed by atoms with E-state index in [-0.39, 0.29) is 10.8 Å². The van der Waals surface area contributed by atoms with Gasteiger partial charge in [-0.05, 0) is 36.2 Å². The minimum atomic E-state index is -3.72. The van der Waals surface area contributed by atoms with E-state index in [0.717, 1.165) is 11.8 Å². The summed E-state index contributed by atoms with van der Waals surface area (Å²) in [5, 5.41) is 16.6. The van der Waals surface area contributed by atoms with Crippen molar-refractivity contribution in [3.05, 3.63) is 63.7 Å². The summed E-state index contributed by atoms with van der Waals surface area (Å²) < 4.78 is 23.5. The molecule has 0 aliphatic heterocycles. The lowest BCUT2D eigenvalue weighted by Gasteiger charge is -2.09. The fourth-order valence-electron chi connectivity index (χ4n) is 2.44. The second kappa shape index (κ2) is 7.96. The zero-order valence-corrected chi connectivity index (χ0v) is 15.2. The van der Waals surface area contributed by atoms with E-state index < -0.39 is 20.4 Å². The van der Waals surface area contributed by atoms with Crippen LogP contribution in [0.2, 0.25) is 0 Å². The lowest BCUT2D eigenvalue weighted by atomic mass is 10.1. The Bertz CT molecular complexity index is 941. The van der Waals surface area contributed by atoms with Crippen LogP contribution in [0.25, 0.3) is 0 Å². The summed E-state index contributed by atoms with van der Waals surface area (Å²) in [6, 6.07) is 11.1. The van der Waals surface area contributed by atoms with Crippen LogP contribution in [-0.4, -0.2) is 39.1 Å². The largest absolute Gasteiger partial charge is 0.385 e. The number of nitro groups is 1. The normalized spacial score (nSPS) is 11.0. The number of hydrogen-bond acceptors (Lipinski definition) is 6. The summed E-state index contributed by atoms with van der Waals surface area (Å²) in [7, 11) is -2.16. The topological polar surface area (TPSA) is 118 Å². The van der Waals surface area contributed by atoms with E-state index in [2.05, 4.69) is 10.6 Å². The number of amides is 1. The lowest BCUT2D eigenvalue weighted by Crippen LogP contribution is -2.18. The van der Waals surface area contributed by atoms with Gasteiger partial charge in [0.2, 0.25) is 0 Å². The third-order valence-corrected chi connectivity index (χ3v) is 4.84. The van der Waals surface area contributed by atoms with Crippen LogP contribution < -0.4 is 10.6 Å². The van der Waals surface area contributed by atoms with Gasteiger partial charge in [-0.3, -0.25) is 14.9 Å². The Morgan fingerprint density at radius 1 is 1.19 bits per heavy atom. The van der Waals surface area contributed by atoms with E-state index in [4.69, 9.17) is 0 Å². The van der Waals surface area contributed by atoms with Crippen LogP contribution in [0.15, 0.2) is 47.4 Å². The summed E-state index contributed by atoms with van der Waals surface area (Å²) in [6.07, 6.45) is 1.53. The smallest absolute Gasteiger partial charge is 0.288 e. The molecule has 0 aromatic heterocycles. The molecule has 9 heteroatoms. The number of nitrogens with one attached hydrogen (secondary N) is 2. The van der Waals surface area contributed by atoms with Gasteiger partial charge in [0.1, 0.15) is 4.90 Å². The van der Waals surface area contributed by atoms with Gasteiger partial charge < -0.3 is 10.6 Å². The van der Waals surface area contributed by atoms with Crippen molar-refractivity contribution in [3.8, 4) is 0 Å². The highest BCUT2D eigenvalue weighted by atomic mass is 32.2. The van der Waals surface area contributed by atoms with Gasteiger partial charge in [-0.1, -0.05) is 12.1 Å². The molecule has 0 bridgehead atoms. The molecule has 0 heterocycles. The van der Waals surface area contributed by atoms with Crippen LogP contribution in [-0.2, 0) is 16.3 Å². The summed E-state index contributed by atoms with van der Waals surface area (Å²) in [6.45, 7) is 0.470. The number of anilines is 1. The van der Waals surface area contributed by atoms with Crippen molar-refractivity contribution < 1.29 is 18.1 Å². The molecule has 0 unspecified atom stereocenters. The maximum absolute atomic E-state index is 11.8. The number of benzene rings is 2. The Morgan fingerprint density at radius 3 is 2.54 bits per heavy atom. The van der Waals surface area contributed by atoms with Crippen LogP contribution in [0.3, 0.4) is 0 Å². The molecule has 0 saturated carbocycles. The molecule has 2 aromatic rings. The molecule has 1 amide bonds. The van der Waals surface area contributed by atoms with Crippen molar-refractivity contribution in [3.63, 3.8) is 0 Å². The summed E-state index contributed by atoms with van der Waals surface area (Å²) in [5.74, 6) is -0.173. The van der Waals surface area contributed by atoms with E-state index in [1.807, 2.05) is 6.07 Å². The fraction of sp³-hybridized carbons (Fsp3) is 0.235. The van der Waals surface area contributed by atoms with Gasteiger partial charge in [0.25, 0.3) is 11.6 Å². The number of carbonyl (C=O) groups excluding carboxylic acids is 1. The number of nitrogens with zero attached hydrogens (tertiary/aromatic N) is 1. The first-order chi connectivity index (χ1) is 12.2. The summed E-state index contributed by atoms with van der Waals surface area (Å²) in [5.41, 5.74) is 1.51. The number of carbonyl (C=O) groups is 1. The molecule has 0 fully saturated rings. The Morgan fingerprint density at radius 2 is 1.92 bits per heavy atom. The maximum atomic E-state index is 11.8. The fourth-order valence-corrected chi connectivity index (χ4v) is 3.30. The molecular weight excluding hydrogens is 358 g/mol. The minimum absolute atomic E-state index is 0.173. The first kappa shape index (κ1) is 19.4. The maximum Gasteiger partial charge on any atom is 0.288 e. The average Bonchev–Trinajstić information content (AvgIpc) is 2.60. The molecule has 138 valence electrons. The van der Waals surface area contributed by atoms with Crippen molar-refractivity contribution in [1.82, 2.24) is 5.32 Å². The third-order valence-electron chi connectivity index (χ3n) is 3.72. The number of rotatable bonds is 7. The second-order valence-corrected chi connectivity index (χ2v) is 7.65. The van der Waals surface area contributed by atoms with E-state index in [9.17, 15) is 23.3 Å². The summed E-state index contributed by atoms with van der Waals surface area (Å²) >= 11 is 0. The molecular formula is C17H19N3O5S. The van der Waals surface area contributed by atoms with Gasteiger partial charge in [-0.25, -0.2) is 8.42 Å². The Kier molecular flexibility index (Phi) is 5.93. The first-order valence-corrected chi connectivity index (χ1v) is 9.65. The van der Waals surface area contributed by atoms with Crippen molar-refractivity contribution in [2.75, 3.05) is 25.2 Å². The van der Waals surface area contributed by atoms with Gasteiger partial charge in [0.05, 0.1) is 4.92 Å². The summed E-state index contributed by atoms with van der Waals surface area (Å²) in [4.78, 5) is 21.6. The molecule has 0 aliphatic rings. The van der Waals surface area contributed by atoms with Crippen molar-refractivity contribution >= 4 is 27.1 Å². The Hall–Kier alpha value is -2.94. The Balaban J connectivity index is 2.11. The van der Waals surface area contributed by atoms with Gasteiger partial charge in [0, 0.05) is 37.2 Å². The monoisotopic (exact) mass is 377 g/mol. The molecule has 0 saturated heterocycles. The predicted molar refractivity (Wildman–Crippen MR) is 98.2 cm³/mol.